The summed E-state index contributed by atoms with van der Waals surface area (Å²) in [6, 6.07) is 18.4. The van der Waals surface area contributed by atoms with Gasteiger partial charge in [-0.15, -0.1) is 0 Å². The van der Waals surface area contributed by atoms with Gasteiger partial charge in [0.05, 0.1) is 19.6 Å². The number of nitrogens with zero attached hydrogens (tertiary/aromatic N) is 4. The van der Waals surface area contributed by atoms with Crippen LogP contribution in [0.5, 0.6) is 0 Å². The second-order valence-corrected chi connectivity index (χ2v) is 9.45. The molecule has 1 N–H and O–H groups in total. The normalized spacial score (nSPS) is 11.2. The lowest BCUT2D eigenvalue weighted by Crippen LogP contribution is -2.44. The Kier molecular flexibility index (Phi) is 13.3. The third-order valence-corrected chi connectivity index (χ3v) is 6.28. The van der Waals surface area contributed by atoms with Gasteiger partial charge in [0.1, 0.15) is 25.3 Å². The van der Waals surface area contributed by atoms with Crippen LogP contribution in [0.4, 0.5) is 5.82 Å². The number of amides is 1. The summed E-state index contributed by atoms with van der Waals surface area (Å²) in [4.78, 5) is 49.3. The van der Waals surface area contributed by atoms with E-state index in [1.807, 2.05) is 18.2 Å². The first kappa shape index (κ1) is 32.9. The molecule has 3 rings (SSSR count). The second-order valence-electron chi connectivity index (χ2n) is 9.09. The number of hydrogen-bond acceptors (Lipinski definition) is 11. The molecule has 1 heterocycles. The van der Waals surface area contributed by atoms with E-state index in [-0.39, 0.29) is 35.6 Å². The zero-order valence-corrected chi connectivity index (χ0v) is 24.6. The van der Waals surface area contributed by atoms with Crippen molar-refractivity contribution in [2.45, 2.75) is 25.7 Å². The molecule has 1 atom stereocenters. The van der Waals surface area contributed by atoms with Crippen LogP contribution in [0.2, 0.25) is 5.15 Å². The zero-order chi connectivity index (χ0) is 31.0. The van der Waals surface area contributed by atoms with Gasteiger partial charge < -0.3 is 29.2 Å². The molecule has 0 aliphatic heterocycles. The number of anilines is 1. The van der Waals surface area contributed by atoms with E-state index < -0.39 is 30.3 Å². The van der Waals surface area contributed by atoms with Crippen LogP contribution in [0.15, 0.2) is 60.7 Å². The molecule has 0 aliphatic carbocycles. The number of benzene rings is 2. The smallest absolute Gasteiger partial charge is 0.329 e. The number of methoxy groups -OCH3 is 2. The number of nitriles is 1. The van der Waals surface area contributed by atoms with Crippen LogP contribution in [0, 0.1) is 11.3 Å². The summed E-state index contributed by atoms with van der Waals surface area (Å²) >= 11 is 6.25. The molecule has 2 aromatic carbocycles. The van der Waals surface area contributed by atoms with Gasteiger partial charge in [-0.1, -0.05) is 72.3 Å². The fourth-order valence-electron chi connectivity index (χ4n) is 3.79. The highest BCUT2D eigenvalue weighted by atomic mass is 35.5. The summed E-state index contributed by atoms with van der Waals surface area (Å²) in [6.45, 7) is 1.11. The summed E-state index contributed by atoms with van der Waals surface area (Å²) in [6.07, 6.45) is -0.520. The molecule has 0 fully saturated rings. The molecule has 0 saturated heterocycles. The van der Waals surface area contributed by atoms with Crippen LogP contribution >= 0.6 is 11.6 Å². The summed E-state index contributed by atoms with van der Waals surface area (Å²) in [7, 11) is 3.04. The molecular formula is C30H32ClN5O7. The summed E-state index contributed by atoms with van der Waals surface area (Å²) < 4.78 is 21.0. The van der Waals surface area contributed by atoms with Crippen molar-refractivity contribution in [3.63, 3.8) is 0 Å². The number of hydrogen-bond donors (Lipinski definition) is 1. The number of halogens is 1. The predicted octanol–water partition coefficient (Wildman–Crippen LogP) is 3.08. The number of esters is 2. The van der Waals surface area contributed by atoms with Crippen LogP contribution in [0.3, 0.4) is 0 Å². The van der Waals surface area contributed by atoms with E-state index in [0.29, 0.717) is 31.9 Å². The first-order valence-corrected chi connectivity index (χ1v) is 13.7. The molecule has 1 amide bonds. The predicted molar refractivity (Wildman–Crippen MR) is 156 cm³/mol. The van der Waals surface area contributed by atoms with Gasteiger partial charge in [0, 0.05) is 27.3 Å². The standard InChI is InChI=1S/C30H32ClN5O7/c1-40-15-13-36(14-16-41-2)28-24(18-32)33-27(31)26(35-28)29(38)34-23(30(39)43-20-22-11-7-4-8-12-22)17-25(37)42-19-21-9-5-3-6-10-21/h3-12,23H,13-17,19-20H2,1-2H3,(H,34,38). The van der Waals surface area contributed by atoms with Gasteiger partial charge >= 0.3 is 11.9 Å². The Hall–Kier alpha value is -4.57. The number of carbonyl (C=O) groups is 3. The van der Waals surface area contributed by atoms with Crippen molar-refractivity contribution in [3.8, 4) is 6.07 Å². The lowest BCUT2D eigenvalue weighted by molar-refractivity contribution is -0.153. The molecule has 13 heteroatoms. The number of rotatable bonds is 16. The van der Waals surface area contributed by atoms with E-state index in [1.54, 1.807) is 53.4 Å². The highest BCUT2D eigenvalue weighted by Crippen LogP contribution is 2.22. The average Bonchev–Trinajstić information content (AvgIpc) is 3.03. The van der Waals surface area contributed by atoms with Gasteiger partial charge in [-0.3, -0.25) is 9.59 Å². The summed E-state index contributed by atoms with van der Waals surface area (Å²) in [5, 5.41) is 11.8. The quantitative estimate of drug-likeness (QED) is 0.238. The maximum Gasteiger partial charge on any atom is 0.329 e. The maximum atomic E-state index is 13.4. The highest BCUT2D eigenvalue weighted by Gasteiger charge is 2.30. The second kappa shape index (κ2) is 17.4. The molecule has 0 bridgehead atoms. The molecular weight excluding hydrogens is 578 g/mol. The van der Waals surface area contributed by atoms with Gasteiger partial charge in [0.2, 0.25) is 0 Å². The Bertz CT molecular complexity index is 1400. The minimum absolute atomic E-state index is 0.0194. The van der Waals surface area contributed by atoms with E-state index in [9.17, 15) is 19.6 Å². The van der Waals surface area contributed by atoms with Crippen LogP contribution in [-0.2, 0) is 41.8 Å². The molecule has 3 aromatic rings. The molecule has 1 aromatic heterocycles. The van der Waals surface area contributed by atoms with E-state index in [2.05, 4.69) is 15.3 Å². The number of ether oxygens (including phenoxy) is 4. The first-order valence-electron chi connectivity index (χ1n) is 13.3. The molecule has 1 unspecified atom stereocenters. The van der Waals surface area contributed by atoms with E-state index >= 15 is 0 Å². The van der Waals surface area contributed by atoms with E-state index in [1.165, 1.54) is 14.2 Å². The van der Waals surface area contributed by atoms with Gasteiger partial charge in [-0.05, 0) is 11.1 Å². The Morgan fingerprint density at radius 1 is 0.907 bits per heavy atom. The van der Waals surface area contributed by atoms with E-state index in [4.69, 9.17) is 30.5 Å². The minimum Gasteiger partial charge on any atom is -0.461 e. The summed E-state index contributed by atoms with van der Waals surface area (Å²) in [5.74, 6) is -2.43. The van der Waals surface area contributed by atoms with E-state index in [0.717, 1.165) is 5.56 Å². The number of carbonyl (C=O) groups excluding carboxylic acids is 3. The minimum atomic E-state index is -1.44. The Balaban J connectivity index is 1.83. The lowest BCUT2D eigenvalue weighted by Gasteiger charge is -2.24. The van der Waals surface area contributed by atoms with Crippen molar-refractivity contribution in [2.75, 3.05) is 45.4 Å². The van der Waals surface area contributed by atoms with Gasteiger partial charge in [-0.2, -0.15) is 5.26 Å². The lowest BCUT2D eigenvalue weighted by atomic mass is 10.2. The molecule has 0 saturated carbocycles. The van der Waals surface area contributed by atoms with Crippen LogP contribution in [0.1, 0.15) is 33.7 Å². The topological polar surface area (TPSA) is 153 Å². The van der Waals surface area contributed by atoms with Crippen LogP contribution in [0.25, 0.3) is 0 Å². The maximum absolute atomic E-state index is 13.4. The number of nitrogens with one attached hydrogen (secondary N) is 1. The van der Waals surface area contributed by atoms with Crippen LogP contribution in [-0.4, -0.2) is 74.4 Å². The Labute approximate surface area is 254 Å². The monoisotopic (exact) mass is 609 g/mol. The van der Waals surface area contributed by atoms with Crippen molar-refractivity contribution < 1.29 is 33.3 Å². The van der Waals surface area contributed by atoms with Gasteiger partial charge in [-0.25, -0.2) is 14.8 Å². The largest absolute Gasteiger partial charge is 0.461 e. The Morgan fingerprint density at radius 3 is 2.00 bits per heavy atom. The number of aromatic nitrogens is 2. The molecule has 226 valence electrons. The molecule has 43 heavy (non-hydrogen) atoms. The van der Waals surface area contributed by atoms with Crippen LogP contribution < -0.4 is 10.2 Å². The molecule has 0 radical (unpaired) electrons. The third kappa shape index (κ3) is 10.3. The highest BCUT2D eigenvalue weighted by molar-refractivity contribution is 6.32. The fraction of sp³-hybridized carbons (Fsp3) is 0.333. The summed E-state index contributed by atoms with van der Waals surface area (Å²) in [5.41, 5.74) is 0.998. The average molecular weight is 610 g/mol. The van der Waals surface area contributed by atoms with Gasteiger partial charge in [0.15, 0.2) is 22.4 Å². The van der Waals surface area contributed by atoms with Crippen molar-refractivity contribution in [2.24, 2.45) is 0 Å². The Morgan fingerprint density at radius 2 is 1.47 bits per heavy atom. The molecule has 0 aliphatic rings. The molecule has 12 nitrogen and oxygen atoms in total. The zero-order valence-electron chi connectivity index (χ0n) is 23.8. The first-order chi connectivity index (χ1) is 20.9. The van der Waals surface area contributed by atoms with Crippen molar-refractivity contribution in [1.82, 2.24) is 15.3 Å². The van der Waals surface area contributed by atoms with Crippen molar-refractivity contribution in [1.29, 1.82) is 5.26 Å². The molecule has 0 spiro atoms. The van der Waals surface area contributed by atoms with Gasteiger partial charge in [0.25, 0.3) is 5.91 Å². The van der Waals surface area contributed by atoms with Crippen molar-refractivity contribution in [3.05, 3.63) is 88.3 Å². The third-order valence-electron chi connectivity index (χ3n) is 6.01. The SMILES string of the molecule is COCCN(CCOC)c1nc(C(=O)NC(CC(=O)OCc2ccccc2)C(=O)OCc2ccccc2)c(Cl)nc1C#N. The fourth-order valence-corrected chi connectivity index (χ4v) is 4.00. The van der Waals surface area contributed by atoms with Crippen molar-refractivity contribution >= 4 is 35.3 Å².